The van der Waals surface area contributed by atoms with Crippen molar-refractivity contribution in [2.24, 2.45) is 5.73 Å². The lowest BCUT2D eigenvalue weighted by Crippen LogP contribution is -2.42. The van der Waals surface area contributed by atoms with E-state index in [1.165, 1.54) is 11.1 Å². The highest BCUT2D eigenvalue weighted by Gasteiger charge is 2.27. The van der Waals surface area contributed by atoms with Gasteiger partial charge in [0.2, 0.25) is 0 Å². The SMILES string of the molecule is Cc1cc(C(=N)N)ccc1CN1CCC(C)(O)CC1. The average Bonchev–Trinajstić information content (AvgIpc) is 2.34. The van der Waals surface area contributed by atoms with Gasteiger partial charge in [-0.1, -0.05) is 12.1 Å². The van der Waals surface area contributed by atoms with Crippen LogP contribution in [0.3, 0.4) is 0 Å². The molecule has 19 heavy (non-hydrogen) atoms. The van der Waals surface area contributed by atoms with Gasteiger partial charge in [0.15, 0.2) is 0 Å². The fraction of sp³-hybridized carbons (Fsp3) is 0.533. The zero-order chi connectivity index (χ0) is 14.0. The van der Waals surface area contributed by atoms with Crippen molar-refractivity contribution in [1.29, 1.82) is 5.41 Å². The monoisotopic (exact) mass is 261 g/mol. The van der Waals surface area contributed by atoms with Crippen LogP contribution in [0.15, 0.2) is 18.2 Å². The van der Waals surface area contributed by atoms with Gasteiger partial charge in [-0.3, -0.25) is 10.3 Å². The number of nitrogen functional groups attached to an aromatic ring is 1. The van der Waals surface area contributed by atoms with E-state index in [-0.39, 0.29) is 5.84 Å². The van der Waals surface area contributed by atoms with E-state index in [4.69, 9.17) is 11.1 Å². The minimum Gasteiger partial charge on any atom is -0.390 e. The van der Waals surface area contributed by atoms with Crippen LogP contribution in [-0.2, 0) is 6.54 Å². The predicted molar refractivity (Wildman–Crippen MR) is 77.3 cm³/mol. The Morgan fingerprint density at radius 1 is 1.42 bits per heavy atom. The highest BCUT2D eigenvalue weighted by Crippen LogP contribution is 2.23. The normalized spacial score (nSPS) is 19.3. The molecule has 0 unspecified atom stereocenters. The maximum absolute atomic E-state index is 9.95. The topological polar surface area (TPSA) is 73.3 Å². The Morgan fingerprint density at radius 3 is 2.58 bits per heavy atom. The lowest BCUT2D eigenvalue weighted by atomic mass is 9.93. The maximum Gasteiger partial charge on any atom is 0.122 e. The van der Waals surface area contributed by atoms with Gasteiger partial charge in [0, 0.05) is 25.2 Å². The van der Waals surface area contributed by atoms with Gasteiger partial charge in [-0.25, -0.2) is 0 Å². The Kier molecular flexibility index (Phi) is 3.92. The summed E-state index contributed by atoms with van der Waals surface area (Å²) >= 11 is 0. The molecule has 0 radical (unpaired) electrons. The Bertz CT molecular complexity index is 472. The molecule has 0 amide bonds. The van der Waals surface area contributed by atoms with Crippen LogP contribution in [0, 0.1) is 12.3 Å². The fourth-order valence-electron chi connectivity index (χ4n) is 2.47. The minimum absolute atomic E-state index is 0.115. The second-order valence-electron chi connectivity index (χ2n) is 5.83. The van der Waals surface area contributed by atoms with Crippen LogP contribution in [0.2, 0.25) is 0 Å². The van der Waals surface area contributed by atoms with Crippen LogP contribution in [-0.4, -0.2) is 34.5 Å². The van der Waals surface area contributed by atoms with E-state index in [0.717, 1.165) is 38.0 Å². The molecule has 0 atom stereocenters. The van der Waals surface area contributed by atoms with Gasteiger partial charge in [-0.05, 0) is 43.9 Å². The quantitative estimate of drug-likeness (QED) is 0.572. The van der Waals surface area contributed by atoms with E-state index in [1.54, 1.807) is 0 Å². The minimum atomic E-state index is -0.496. The molecule has 104 valence electrons. The number of hydrogen-bond donors (Lipinski definition) is 3. The van der Waals surface area contributed by atoms with E-state index in [9.17, 15) is 5.11 Å². The Morgan fingerprint density at radius 2 is 2.05 bits per heavy atom. The number of rotatable bonds is 3. The van der Waals surface area contributed by atoms with Crippen LogP contribution >= 0.6 is 0 Å². The molecule has 1 aliphatic rings. The first kappa shape index (κ1) is 14.0. The predicted octanol–water partition coefficient (Wildman–Crippen LogP) is 1.63. The molecule has 0 saturated carbocycles. The molecule has 0 spiro atoms. The van der Waals surface area contributed by atoms with Gasteiger partial charge >= 0.3 is 0 Å². The van der Waals surface area contributed by atoms with Crippen molar-refractivity contribution < 1.29 is 5.11 Å². The molecule has 1 heterocycles. The molecular weight excluding hydrogens is 238 g/mol. The molecule has 1 fully saturated rings. The van der Waals surface area contributed by atoms with Gasteiger partial charge in [0.05, 0.1) is 5.60 Å². The van der Waals surface area contributed by atoms with Crippen LogP contribution < -0.4 is 5.73 Å². The third kappa shape index (κ3) is 3.55. The smallest absolute Gasteiger partial charge is 0.122 e. The van der Waals surface area contributed by atoms with E-state index < -0.39 is 5.60 Å². The Labute approximate surface area is 114 Å². The molecule has 0 bridgehead atoms. The average molecular weight is 261 g/mol. The number of nitrogens with two attached hydrogens (primary N) is 1. The molecule has 1 saturated heterocycles. The molecule has 0 aliphatic carbocycles. The van der Waals surface area contributed by atoms with Crippen molar-refractivity contribution in [3.8, 4) is 0 Å². The number of likely N-dealkylation sites (tertiary alicyclic amines) is 1. The number of piperidine rings is 1. The van der Waals surface area contributed by atoms with Crippen molar-refractivity contribution in [2.45, 2.75) is 38.8 Å². The first-order chi connectivity index (χ1) is 8.87. The number of aryl methyl sites for hydroxylation is 1. The second kappa shape index (κ2) is 5.31. The zero-order valence-electron chi connectivity index (χ0n) is 11.7. The molecule has 1 aromatic rings. The van der Waals surface area contributed by atoms with Crippen LogP contribution in [0.4, 0.5) is 0 Å². The van der Waals surface area contributed by atoms with Crippen molar-refractivity contribution in [2.75, 3.05) is 13.1 Å². The van der Waals surface area contributed by atoms with E-state index in [2.05, 4.69) is 17.9 Å². The number of nitrogens with zero attached hydrogens (tertiary/aromatic N) is 1. The van der Waals surface area contributed by atoms with Crippen LogP contribution in [0.25, 0.3) is 0 Å². The summed E-state index contributed by atoms with van der Waals surface area (Å²) in [4.78, 5) is 2.37. The summed E-state index contributed by atoms with van der Waals surface area (Å²) in [6, 6.07) is 5.93. The summed E-state index contributed by atoms with van der Waals surface area (Å²) in [6.07, 6.45) is 1.66. The first-order valence-corrected chi connectivity index (χ1v) is 6.76. The largest absolute Gasteiger partial charge is 0.390 e. The molecule has 4 nitrogen and oxygen atoms in total. The maximum atomic E-state index is 9.95. The van der Waals surface area contributed by atoms with Gasteiger partial charge in [0.25, 0.3) is 0 Å². The number of nitrogens with one attached hydrogen (secondary N) is 1. The summed E-state index contributed by atoms with van der Waals surface area (Å²) in [5.74, 6) is 0.115. The summed E-state index contributed by atoms with van der Waals surface area (Å²) in [5.41, 5.74) is 8.22. The van der Waals surface area contributed by atoms with E-state index in [1.807, 2.05) is 19.1 Å². The van der Waals surface area contributed by atoms with Gasteiger partial charge in [-0.2, -0.15) is 0 Å². The van der Waals surface area contributed by atoms with E-state index >= 15 is 0 Å². The molecular formula is C15H23N3O. The number of aliphatic hydroxyl groups is 1. The Balaban J connectivity index is 2.02. The van der Waals surface area contributed by atoms with Crippen molar-refractivity contribution >= 4 is 5.84 Å². The second-order valence-corrected chi connectivity index (χ2v) is 5.83. The van der Waals surface area contributed by atoms with Crippen LogP contribution in [0.1, 0.15) is 36.5 Å². The zero-order valence-corrected chi connectivity index (χ0v) is 11.7. The Hall–Kier alpha value is -1.39. The first-order valence-electron chi connectivity index (χ1n) is 6.76. The molecule has 4 heteroatoms. The number of hydrogen-bond acceptors (Lipinski definition) is 3. The van der Waals surface area contributed by atoms with Crippen molar-refractivity contribution in [1.82, 2.24) is 4.90 Å². The van der Waals surface area contributed by atoms with E-state index in [0.29, 0.717) is 0 Å². The molecule has 0 aromatic heterocycles. The number of benzene rings is 1. The third-order valence-electron chi connectivity index (χ3n) is 3.98. The van der Waals surface area contributed by atoms with Gasteiger partial charge in [-0.15, -0.1) is 0 Å². The number of amidine groups is 1. The van der Waals surface area contributed by atoms with Gasteiger partial charge < -0.3 is 10.8 Å². The summed E-state index contributed by atoms with van der Waals surface area (Å²) in [5, 5.41) is 17.4. The van der Waals surface area contributed by atoms with Gasteiger partial charge in [0.1, 0.15) is 5.84 Å². The highest BCUT2D eigenvalue weighted by molar-refractivity contribution is 5.95. The summed E-state index contributed by atoms with van der Waals surface area (Å²) in [6.45, 7) is 6.74. The standard InChI is InChI=1S/C15H23N3O/c1-11-9-12(14(16)17)3-4-13(11)10-18-7-5-15(2,19)6-8-18/h3-4,9,19H,5-8,10H2,1-2H3,(H3,16,17). The molecule has 1 aliphatic heterocycles. The third-order valence-corrected chi connectivity index (χ3v) is 3.98. The lowest BCUT2D eigenvalue weighted by molar-refractivity contribution is -0.00733. The summed E-state index contributed by atoms with van der Waals surface area (Å²) < 4.78 is 0. The summed E-state index contributed by atoms with van der Waals surface area (Å²) in [7, 11) is 0. The van der Waals surface area contributed by atoms with Crippen LogP contribution in [0.5, 0.6) is 0 Å². The molecule has 2 rings (SSSR count). The lowest BCUT2D eigenvalue weighted by Gasteiger charge is -2.36. The van der Waals surface area contributed by atoms with Crippen molar-refractivity contribution in [3.63, 3.8) is 0 Å². The van der Waals surface area contributed by atoms with Crippen molar-refractivity contribution in [3.05, 3.63) is 34.9 Å². The molecule has 1 aromatic carbocycles. The fourth-order valence-corrected chi connectivity index (χ4v) is 2.47. The molecule has 4 N–H and O–H groups in total. The highest BCUT2D eigenvalue weighted by atomic mass is 16.3.